The Morgan fingerprint density at radius 3 is 2.91 bits per heavy atom. The van der Waals surface area contributed by atoms with Crippen LogP contribution in [0.15, 0.2) is 42.5 Å². The lowest BCUT2D eigenvalue weighted by Crippen LogP contribution is -2.39. The van der Waals surface area contributed by atoms with Gasteiger partial charge in [-0.15, -0.1) is 0 Å². The van der Waals surface area contributed by atoms with Crippen molar-refractivity contribution in [3.05, 3.63) is 48.3 Å². The number of alkyl carbamates (subject to hydrolysis) is 1. The molecule has 1 amide bonds. The molecule has 2 N–H and O–H groups in total. The van der Waals surface area contributed by atoms with Crippen LogP contribution in [-0.4, -0.2) is 59.6 Å². The van der Waals surface area contributed by atoms with Crippen molar-refractivity contribution in [1.82, 2.24) is 15.3 Å². The summed E-state index contributed by atoms with van der Waals surface area (Å²) in [5, 5.41) is 13.8. The van der Waals surface area contributed by atoms with Crippen LogP contribution in [0.2, 0.25) is 0 Å². The minimum Gasteiger partial charge on any atom is -0.507 e. The number of benzene rings is 2. The smallest absolute Gasteiger partial charge is 0.407 e. The molecule has 0 saturated carbocycles. The molecule has 1 aromatic heterocycles. The summed E-state index contributed by atoms with van der Waals surface area (Å²) in [5.41, 5.74) is 1.07. The Hall–Kier alpha value is -3.46. The van der Waals surface area contributed by atoms with E-state index in [1.165, 1.54) is 12.1 Å². The minimum absolute atomic E-state index is 0.0327. The standard InChI is InChI=1S/C25H27FN4O4/c26-16-8-9-21-20(13-16)24(29-23(28-21)19-6-1-2-7-22(19)31)30-11-10-17(14-30)27-25(32)34-15-18-5-3-4-12-33-18/h1-2,6-9,13,17-18,31H,3-5,10-12,14-15H2,(H,27,32)/t17-,18?/m1/s1. The number of para-hydroxylation sites is 1. The second kappa shape index (κ2) is 9.80. The van der Waals surface area contributed by atoms with Crippen LogP contribution in [0.5, 0.6) is 5.75 Å². The van der Waals surface area contributed by atoms with E-state index in [0.29, 0.717) is 54.2 Å². The molecule has 0 aliphatic carbocycles. The Morgan fingerprint density at radius 1 is 1.21 bits per heavy atom. The molecular weight excluding hydrogens is 439 g/mol. The molecule has 1 unspecified atom stereocenters. The van der Waals surface area contributed by atoms with Crippen molar-refractivity contribution in [2.45, 2.75) is 37.8 Å². The molecule has 2 atom stereocenters. The summed E-state index contributed by atoms with van der Waals surface area (Å²) in [7, 11) is 0. The molecule has 3 heterocycles. The monoisotopic (exact) mass is 466 g/mol. The molecule has 2 aliphatic heterocycles. The first-order valence-corrected chi connectivity index (χ1v) is 11.6. The van der Waals surface area contributed by atoms with E-state index >= 15 is 0 Å². The zero-order valence-electron chi connectivity index (χ0n) is 18.7. The average molecular weight is 467 g/mol. The second-order valence-corrected chi connectivity index (χ2v) is 8.71. The number of phenolic OH excluding ortho intramolecular Hbond substituents is 1. The van der Waals surface area contributed by atoms with E-state index in [1.54, 1.807) is 30.3 Å². The van der Waals surface area contributed by atoms with Crippen LogP contribution in [-0.2, 0) is 9.47 Å². The Labute approximate surface area is 196 Å². The number of aromatic hydroxyl groups is 1. The van der Waals surface area contributed by atoms with Gasteiger partial charge in [0.25, 0.3) is 0 Å². The van der Waals surface area contributed by atoms with Gasteiger partial charge in [0, 0.05) is 25.1 Å². The molecule has 178 valence electrons. The van der Waals surface area contributed by atoms with Gasteiger partial charge >= 0.3 is 6.09 Å². The first-order valence-electron chi connectivity index (χ1n) is 11.6. The van der Waals surface area contributed by atoms with Crippen LogP contribution < -0.4 is 10.2 Å². The lowest BCUT2D eigenvalue weighted by atomic mass is 10.1. The van der Waals surface area contributed by atoms with Crippen LogP contribution in [0.25, 0.3) is 22.3 Å². The number of carbonyl (C=O) groups is 1. The summed E-state index contributed by atoms with van der Waals surface area (Å²) < 4.78 is 25.0. The molecule has 0 bridgehead atoms. The third-order valence-electron chi connectivity index (χ3n) is 6.27. The number of anilines is 1. The number of rotatable bonds is 5. The third-order valence-corrected chi connectivity index (χ3v) is 6.27. The maximum atomic E-state index is 14.1. The first kappa shape index (κ1) is 22.3. The topological polar surface area (TPSA) is 96.8 Å². The Bertz CT molecular complexity index is 1180. The third kappa shape index (κ3) is 4.89. The van der Waals surface area contributed by atoms with Crippen molar-refractivity contribution >= 4 is 22.8 Å². The summed E-state index contributed by atoms with van der Waals surface area (Å²) in [6, 6.07) is 11.1. The highest BCUT2D eigenvalue weighted by atomic mass is 19.1. The summed E-state index contributed by atoms with van der Waals surface area (Å²) in [4.78, 5) is 23.6. The Balaban J connectivity index is 1.33. The number of aromatic nitrogens is 2. The number of carbonyl (C=O) groups excluding carboxylic acids is 1. The fourth-order valence-corrected chi connectivity index (χ4v) is 4.49. The van der Waals surface area contributed by atoms with E-state index in [-0.39, 0.29) is 30.3 Å². The largest absolute Gasteiger partial charge is 0.507 e. The lowest BCUT2D eigenvalue weighted by molar-refractivity contribution is -0.0226. The molecule has 0 radical (unpaired) electrons. The number of phenols is 1. The van der Waals surface area contributed by atoms with Crippen molar-refractivity contribution < 1.29 is 23.8 Å². The molecule has 3 aromatic rings. The number of nitrogens with one attached hydrogen (secondary N) is 1. The fraction of sp³-hybridized carbons (Fsp3) is 0.400. The second-order valence-electron chi connectivity index (χ2n) is 8.71. The van der Waals surface area contributed by atoms with Gasteiger partial charge < -0.3 is 24.8 Å². The van der Waals surface area contributed by atoms with Crippen LogP contribution in [0, 0.1) is 5.82 Å². The van der Waals surface area contributed by atoms with Crippen LogP contribution in [0.1, 0.15) is 25.7 Å². The normalized spacial score (nSPS) is 20.4. The highest BCUT2D eigenvalue weighted by Gasteiger charge is 2.28. The summed E-state index contributed by atoms with van der Waals surface area (Å²) in [5.74, 6) is 0.613. The van der Waals surface area contributed by atoms with Crippen molar-refractivity contribution in [3.8, 4) is 17.1 Å². The van der Waals surface area contributed by atoms with E-state index in [9.17, 15) is 14.3 Å². The summed E-state index contributed by atoms with van der Waals surface area (Å²) in [6.45, 7) is 2.09. The number of halogens is 1. The number of fused-ring (bicyclic) bond motifs is 1. The predicted molar refractivity (Wildman–Crippen MR) is 125 cm³/mol. The quantitative estimate of drug-likeness (QED) is 0.586. The van der Waals surface area contributed by atoms with Crippen LogP contribution in [0.3, 0.4) is 0 Å². The lowest BCUT2D eigenvalue weighted by Gasteiger charge is -2.23. The molecule has 9 heteroatoms. The van der Waals surface area contributed by atoms with Crippen LogP contribution >= 0.6 is 0 Å². The fourth-order valence-electron chi connectivity index (χ4n) is 4.49. The van der Waals surface area contributed by atoms with Gasteiger partial charge in [-0.25, -0.2) is 19.2 Å². The van der Waals surface area contributed by atoms with Crippen LogP contribution in [0.4, 0.5) is 15.0 Å². The predicted octanol–water partition coefficient (Wildman–Crippen LogP) is 4.02. The zero-order valence-corrected chi connectivity index (χ0v) is 18.7. The van der Waals surface area contributed by atoms with E-state index in [0.717, 1.165) is 19.3 Å². The molecule has 8 nitrogen and oxygen atoms in total. The average Bonchev–Trinajstić information content (AvgIpc) is 3.31. The SMILES string of the molecule is O=C(N[C@@H]1CCN(c2nc(-c3ccccc3O)nc3ccc(F)cc23)C1)OCC1CCCCO1. The Kier molecular flexibility index (Phi) is 6.44. The number of hydrogen-bond acceptors (Lipinski definition) is 7. The van der Waals surface area contributed by atoms with Gasteiger partial charge in [-0.2, -0.15) is 0 Å². The van der Waals surface area contributed by atoms with Crippen molar-refractivity contribution in [1.29, 1.82) is 0 Å². The molecular formula is C25H27FN4O4. The van der Waals surface area contributed by atoms with Crippen molar-refractivity contribution in [2.24, 2.45) is 0 Å². The highest BCUT2D eigenvalue weighted by molar-refractivity contribution is 5.91. The first-order chi connectivity index (χ1) is 16.6. The summed E-state index contributed by atoms with van der Waals surface area (Å²) >= 11 is 0. The van der Waals surface area contributed by atoms with E-state index in [2.05, 4.69) is 10.3 Å². The van der Waals surface area contributed by atoms with Gasteiger partial charge in [-0.3, -0.25) is 0 Å². The van der Waals surface area contributed by atoms with Crippen molar-refractivity contribution in [2.75, 3.05) is 31.2 Å². The molecule has 0 spiro atoms. The van der Waals surface area contributed by atoms with E-state index in [1.807, 2.05) is 4.90 Å². The minimum atomic E-state index is -0.463. The Morgan fingerprint density at radius 2 is 2.09 bits per heavy atom. The molecule has 5 rings (SSSR count). The van der Waals surface area contributed by atoms with E-state index in [4.69, 9.17) is 14.5 Å². The van der Waals surface area contributed by atoms with Gasteiger partial charge in [0.05, 0.1) is 23.2 Å². The van der Waals surface area contributed by atoms with E-state index < -0.39 is 6.09 Å². The van der Waals surface area contributed by atoms with Gasteiger partial charge in [0.15, 0.2) is 5.82 Å². The summed E-state index contributed by atoms with van der Waals surface area (Å²) in [6.07, 6.45) is 3.24. The van der Waals surface area contributed by atoms with Crippen molar-refractivity contribution in [3.63, 3.8) is 0 Å². The zero-order chi connectivity index (χ0) is 23.5. The molecule has 34 heavy (non-hydrogen) atoms. The van der Waals surface area contributed by atoms with Gasteiger partial charge in [-0.05, 0) is 56.0 Å². The number of amides is 1. The highest BCUT2D eigenvalue weighted by Crippen LogP contribution is 2.33. The molecule has 2 saturated heterocycles. The van der Waals surface area contributed by atoms with Gasteiger partial charge in [0.1, 0.15) is 24.0 Å². The number of ether oxygens (including phenoxy) is 2. The van der Waals surface area contributed by atoms with Gasteiger partial charge in [-0.1, -0.05) is 12.1 Å². The maximum absolute atomic E-state index is 14.1. The molecule has 2 aliphatic rings. The molecule has 2 fully saturated rings. The number of nitrogens with zero attached hydrogens (tertiary/aromatic N) is 3. The van der Waals surface area contributed by atoms with Gasteiger partial charge in [0.2, 0.25) is 0 Å². The molecule has 2 aromatic carbocycles. The number of hydrogen-bond donors (Lipinski definition) is 2. The maximum Gasteiger partial charge on any atom is 0.407 e.